The van der Waals surface area contributed by atoms with Crippen LogP contribution in [0.2, 0.25) is 17.3 Å². The molecular formula is C9H17GeNS. The molecule has 0 aliphatic heterocycles. The van der Waals surface area contributed by atoms with E-state index in [0.29, 0.717) is 0 Å². The zero-order valence-electron chi connectivity index (χ0n) is 8.22. The van der Waals surface area contributed by atoms with Crippen molar-refractivity contribution in [3.63, 3.8) is 0 Å². The molecule has 0 bridgehead atoms. The molecule has 1 atom stereocenters. The Morgan fingerprint density at radius 1 is 1.33 bits per heavy atom. The van der Waals surface area contributed by atoms with Crippen LogP contribution in [0, 0.1) is 0 Å². The van der Waals surface area contributed by atoms with Gasteiger partial charge in [-0.05, 0) is 0 Å². The molecule has 1 nitrogen and oxygen atoms in total. The van der Waals surface area contributed by atoms with Crippen LogP contribution in [0.25, 0.3) is 0 Å². The van der Waals surface area contributed by atoms with Crippen molar-refractivity contribution < 1.29 is 0 Å². The van der Waals surface area contributed by atoms with Crippen LogP contribution in [0.1, 0.15) is 17.8 Å². The Morgan fingerprint density at radius 2 is 1.92 bits per heavy atom. The molecule has 12 heavy (non-hydrogen) atoms. The number of thiophene rings is 1. The Kier molecular flexibility index (Phi) is 3.02. The predicted octanol–water partition coefficient (Wildman–Crippen LogP) is 2.31. The second-order valence-electron chi connectivity index (χ2n) is 4.24. The van der Waals surface area contributed by atoms with Crippen molar-refractivity contribution >= 4 is 28.3 Å². The maximum atomic E-state index is 5.80. The molecule has 1 rings (SSSR count). The monoisotopic (exact) mass is 245 g/mol. The Balaban J connectivity index is 2.92. The summed E-state index contributed by atoms with van der Waals surface area (Å²) in [5.74, 6) is 7.24. The van der Waals surface area contributed by atoms with Crippen molar-refractivity contribution in [1.29, 1.82) is 0 Å². The van der Waals surface area contributed by atoms with Gasteiger partial charge in [-0.25, -0.2) is 0 Å². The first-order chi connectivity index (χ1) is 5.41. The van der Waals surface area contributed by atoms with Crippen molar-refractivity contribution in [2.75, 3.05) is 0 Å². The Bertz CT molecular complexity index is 260. The second kappa shape index (κ2) is 3.52. The van der Waals surface area contributed by atoms with E-state index in [1.54, 1.807) is 3.71 Å². The molecule has 0 saturated heterocycles. The summed E-state index contributed by atoms with van der Waals surface area (Å²) in [7, 11) is 0. The van der Waals surface area contributed by atoms with Gasteiger partial charge in [-0.15, -0.1) is 0 Å². The molecule has 68 valence electrons. The first kappa shape index (κ1) is 10.3. The molecule has 0 saturated carbocycles. The van der Waals surface area contributed by atoms with E-state index in [1.807, 2.05) is 18.3 Å². The minimum absolute atomic E-state index is 0.202. The summed E-state index contributed by atoms with van der Waals surface area (Å²) in [6.07, 6.45) is 0. The molecule has 1 aromatic rings. The van der Waals surface area contributed by atoms with Gasteiger partial charge in [0.25, 0.3) is 0 Å². The van der Waals surface area contributed by atoms with E-state index in [2.05, 4.69) is 29.4 Å². The zero-order valence-corrected chi connectivity index (χ0v) is 11.1. The fourth-order valence-corrected chi connectivity index (χ4v) is 5.91. The van der Waals surface area contributed by atoms with Crippen LogP contribution >= 0.6 is 11.3 Å². The Hall–Kier alpha value is 0.203. The van der Waals surface area contributed by atoms with E-state index >= 15 is 0 Å². The van der Waals surface area contributed by atoms with Gasteiger partial charge in [0, 0.05) is 0 Å². The van der Waals surface area contributed by atoms with Crippen molar-refractivity contribution in [1.82, 2.24) is 0 Å². The van der Waals surface area contributed by atoms with Gasteiger partial charge in [-0.2, -0.15) is 0 Å². The van der Waals surface area contributed by atoms with E-state index in [9.17, 15) is 0 Å². The standard InChI is InChI=1S/C9H17GeNS/c1-7(11)8-5-6-9(12-8)10(2,3)4/h5-7H,11H2,1-4H3. The molecule has 0 aliphatic rings. The number of hydrogen-bond acceptors (Lipinski definition) is 2. The van der Waals surface area contributed by atoms with Crippen LogP contribution in [-0.4, -0.2) is 13.3 Å². The minimum atomic E-state index is -1.57. The molecule has 0 aromatic carbocycles. The molecule has 1 heterocycles. The van der Waals surface area contributed by atoms with Gasteiger partial charge in [0.2, 0.25) is 0 Å². The summed E-state index contributed by atoms with van der Waals surface area (Å²) in [6, 6.07) is 4.65. The molecule has 0 fully saturated rings. The molecule has 0 amide bonds. The Labute approximate surface area is 81.3 Å². The molecule has 3 heteroatoms. The maximum absolute atomic E-state index is 5.80. The fourth-order valence-electron chi connectivity index (χ4n) is 1.00. The van der Waals surface area contributed by atoms with E-state index < -0.39 is 13.3 Å². The molecule has 1 aromatic heterocycles. The fraction of sp³-hybridized carbons (Fsp3) is 0.556. The van der Waals surface area contributed by atoms with Crippen LogP contribution in [0.3, 0.4) is 0 Å². The van der Waals surface area contributed by atoms with Crippen LogP contribution in [0.4, 0.5) is 0 Å². The van der Waals surface area contributed by atoms with Gasteiger partial charge >= 0.3 is 81.3 Å². The third-order valence-electron chi connectivity index (χ3n) is 1.81. The van der Waals surface area contributed by atoms with Crippen LogP contribution in [-0.2, 0) is 0 Å². The molecule has 0 spiro atoms. The first-order valence-corrected chi connectivity index (χ1v) is 12.4. The second-order valence-corrected chi connectivity index (χ2v) is 16.7. The summed E-state index contributed by atoms with van der Waals surface area (Å²) in [4.78, 5) is 1.32. The zero-order chi connectivity index (χ0) is 9.35. The predicted molar refractivity (Wildman–Crippen MR) is 59.9 cm³/mol. The number of nitrogens with two attached hydrogens (primary N) is 1. The topological polar surface area (TPSA) is 26.0 Å². The van der Waals surface area contributed by atoms with Crippen molar-refractivity contribution in [3.8, 4) is 0 Å². The molecular weight excluding hydrogens is 227 g/mol. The summed E-state index contributed by atoms with van der Waals surface area (Å²) in [5.41, 5.74) is 5.80. The van der Waals surface area contributed by atoms with Gasteiger partial charge in [0.05, 0.1) is 0 Å². The average molecular weight is 244 g/mol. The first-order valence-electron chi connectivity index (χ1n) is 4.27. The normalized spacial score (nSPS) is 14.8. The summed E-state index contributed by atoms with van der Waals surface area (Å²) < 4.78 is 1.60. The molecule has 1 unspecified atom stereocenters. The van der Waals surface area contributed by atoms with Gasteiger partial charge in [0.1, 0.15) is 0 Å². The third-order valence-corrected chi connectivity index (χ3v) is 10.2. The van der Waals surface area contributed by atoms with Crippen molar-refractivity contribution in [2.24, 2.45) is 5.73 Å². The molecule has 0 radical (unpaired) electrons. The number of hydrogen-bond donors (Lipinski definition) is 1. The summed E-state index contributed by atoms with van der Waals surface area (Å²) in [5, 5.41) is 0. The van der Waals surface area contributed by atoms with Gasteiger partial charge < -0.3 is 0 Å². The van der Waals surface area contributed by atoms with Crippen LogP contribution in [0.5, 0.6) is 0 Å². The Morgan fingerprint density at radius 3 is 2.17 bits per heavy atom. The number of rotatable bonds is 2. The van der Waals surface area contributed by atoms with Gasteiger partial charge in [0.15, 0.2) is 0 Å². The van der Waals surface area contributed by atoms with Gasteiger partial charge in [-0.3, -0.25) is 0 Å². The summed E-state index contributed by atoms with van der Waals surface area (Å²) in [6.45, 7) is 2.05. The van der Waals surface area contributed by atoms with Crippen LogP contribution in [0.15, 0.2) is 12.1 Å². The van der Waals surface area contributed by atoms with E-state index in [0.717, 1.165) is 0 Å². The SMILES string of the molecule is CC(N)c1cc[c]([Ge]([CH3])([CH3])[CH3])s1. The van der Waals surface area contributed by atoms with E-state index in [4.69, 9.17) is 5.73 Å². The van der Waals surface area contributed by atoms with Crippen molar-refractivity contribution in [2.45, 2.75) is 30.2 Å². The quantitative estimate of drug-likeness (QED) is 0.793. The van der Waals surface area contributed by atoms with Gasteiger partial charge in [-0.1, -0.05) is 0 Å². The third kappa shape index (κ3) is 2.34. The summed E-state index contributed by atoms with van der Waals surface area (Å²) >= 11 is 0.336. The molecule has 2 N–H and O–H groups in total. The average Bonchev–Trinajstić information content (AvgIpc) is 2.30. The molecule has 0 aliphatic carbocycles. The van der Waals surface area contributed by atoms with Crippen molar-refractivity contribution in [3.05, 3.63) is 17.0 Å². The van der Waals surface area contributed by atoms with E-state index in [1.165, 1.54) is 4.88 Å². The van der Waals surface area contributed by atoms with Crippen LogP contribution < -0.4 is 9.44 Å². The van der Waals surface area contributed by atoms with E-state index in [-0.39, 0.29) is 6.04 Å².